The molecule has 2 amide bonds. The lowest BCUT2D eigenvalue weighted by Gasteiger charge is -2.26. The predicted molar refractivity (Wildman–Crippen MR) is 106 cm³/mol. The zero-order valence-electron chi connectivity index (χ0n) is 16.4. The Morgan fingerprint density at radius 1 is 0.926 bits per heavy atom. The first-order valence-electron chi connectivity index (χ1n) is 9.23. The van der Waals surface area contributed by atoms with E-state index in [0.29, 0.717) is 26.1 Å². The SMILES string of the molecule is CCN(Cc1ccccc1)C(=O)CN(CCc1ccc(OC)cc1)C(C)=O. The minimum absolute atomic E-state index is 0.0358. The number of likely N-dealkylation sites (N-methyl/N-ethyl adjacent to an activating group) is 1. The summed E-state index contributed by atoms with van der Waals surface area (Å²) in [4.78, 5) is 28.1. The highest BCUT2D eigenvalue weighted by Gasteiger charge is 2.18. The van der Waals surface area contributed by atoms with Crippen molar-refractivity contribution >= 4 is 11.8 Å². The molecular formula is C22H28N2O3. The van der Waals surface area contributed by atoms with Crippen LogP contribution >= 0.6 is 0 Å². The molecule has 2 aromatic carbocycles. The largest absolute Gasteiger partial charge is 0.497 e. The molecule has 0 N–H and O–H groups in total. The third-order valence-electron chi connectivity index (χ3n) is 4.55. The van der Waals surface area contributed by atoms with Crippen molar-refractivity contribution in [1.82, 2.24) is 9.80 Å². The van der Waals surface area contributed by atoms with E-state index in [9.17, 15) is 9.59 Å². The highest BCUT2D eigenvalue weighted by atomic mass is 16.5. The highest BCUT2D eigenvalue weighted by Crippen LogP contribution is 2.12. The van der Waals surface area contributed by atoms with E-state index in [4.69, 9.17) is 4.74 Å². The van der Waals surface area contributed by atoms with E-state index in [-0.39, 0.29) is 18.4 Å². The molecule has 27 heavy (non-hydrogen) atoms. The summed E-state index contributed by atoms with van der Waals surface area (Å²) in [7, 11) is 1.63. The van der Waals surface area contributed by atoms with Gasteiger partial charge in [0.15, 0.2) is 0 Å². The number of carbonyl (C=O) groups is 2. The van der Waals surface area contributed by atoms with Crippen molar-refractivity contribution in [3.63, 3.8) is 0 Å². The van der Waals surface area contributed by atoms with Crippen LogP contribution in [0, 0.1) is 0 Å². The standard InChI is InChI=1S/C22H28N2O3/c1-4-23(16-20-8-6-5-7-9-20)22(26)17-24(18(2)25)15-14-19-10-12-21(27-3)13-11-19/h5-13H,4,14-17H2,1-3H3. The Bertz CT molecular complexity index is 729. The van der Waals surface area contributed by atoms with E-state index in [2.05, 4.69) is 0 Å². The quantitative estimate of drug-likeness (QED) is 0.683. The van der Waals surface area contributed by atoms with Crippen molar-refractivity contribution in [2.75, 3.05) is 26.7 Å². The molecule has 0 fully saturated rings. The van der Waals surface area contributed by atoms with E-state index in [1.165, 1.54) is 6.92 Å². The molecule has 0 radical (unpaired) electrons. The molecule has 0 saturated carbocycles. The molecule has 5 heteroatoms. The zero-order valence-corrected chi connectivity index (χ0v) is 16.4. The predicted octanol–water partition coefficient (Wildman–Crippen LogP) is 3.13. The van der Waals surface area contributed by atoms with Gasteiger partial charge in [0.25, 0.3) is 0 Å². The molecule has 0 aliphatic rings. The summed E-state index contributed by atoms with van der Waals surface area (Å²) in [5.74, 6) is 0.677. The van der Waals surface area contributed by atoms with E-state index >= 15 is 0 Å². The van der Waals surface area contributed by atoms with Crippen LogP contribution in [0.5, 0.6) is 5.75 Å². The van der Waals surface area contributed by atoms with Crippen LogP contribution in [-0.2, 0) is 22.6 Å². The number of amides is 2. The number of hydrogen-bond acceptors (Lipinski definition) is 3. The summed E-state index contributed by atoms with van der Waals surface area (Å²) in [5, 5.41) is 0. The highest BCUT2D eigenvalue weighted by molar-refractivity contribution is 5.83. The van der Waals surface area contributed by atoms with Crippen molar-refractivity contribution in [1.29, 1.82) is 0 Å². The Morgan fingerprint density at radius 2 is 1.59 bits per heavy atom. The van der Waals surface area contributed by atoms with Crippen LogP contribution < -0.4 is 4.74 Å². The molecule has 0 saturated heterocycles. The van der Waals surface area contributed by atoms with E-state index in [1.54, 1.807) is 16.9 Å². The maximum atomic E-state index is 12.7. The van der Waals surface area contributed by atoms with Crippen molar-refractivity contribution in [3.8, 4) is 5.75 Å². The van der Waals surface area contributed by atoms with Gasteiger partial charge in [0.05, 0.1) is 13.7 Å². The van der Waals surface area contributed by atoms with Crippen LogP contribution in [0.15, 0.2) is 54.6 Å². The van der Waals surface area contributed by atoms with Crippen LogP contribution in [0.3, 0.4) is 0 Å². The molecule has 0 spiro atoms. The number of hydrogen-bond donors (Lipinski definition) is 0. The van der Waals surface area contributed by atoms with Gasteiger partial charge in [-0.1, -0.05) is 42.5 Å². The number of nitrogens with zero attached hydrogens (tertiary/aromatic N) is 2. The summed E-state index contributed by atoms with van der Waals surface area (Å²) in [6, 6.07) is 17.6. The summed E-state index contributed by atoms with van der Waals surface area (Å²) in [5.41, 5.74) is 2.19. The summed E-state index contributed by atoms with van der Waals surface area (Å²) in [6.07, 6.45) is 0.696. The molecule has 5 nitrogen and oxygen atoms in total. The maximum absolute atomic E-state index is 12.7. The van der Waals surface area contributed by atoms with Gasteiger partial charge in [-0.25, -0.2) is 0 Å². The Morgan fingerprint density at radius 3 is 2.15 bits per heavy atom. The third kappa shape index (κ3) is 6.44. The Balaban J connectivity index is 1.94. The number of rotatable bonds is 9. The van der Waals surface area contributed by atoms with Crippen LogP contribution in [0.2, 0.25) is 0 Å². The monoisotopic (exact) mass is 368 g/mol. The molecule has 0 bridgehead atoms. The molecule has 0 unspecified atom stereocenters. The van der Waals surface area contributed by atoms with Crippen molar-refractivity contribution in [2.24, 2.45) is 0 Å². The Hall–Kier alpha value is -2.82. The molecule has 2 aromatic rings. The van der Waals surface area contributed by atoms with Crippen LogP contribution in [-0.4, -0.2) is 48.4 Å². The molecular weight excluding hydrogens is 340 g/mol. The fourth-order valence-electron chi connectivity index (χ4n) is 2.85. The maximum Gasteiger partial charge on any atom is 0.242 e. The summed E-state index contributed by atoms with van der Waals surface area (Å²) < 4.78 is 5.16. The van der Waals surface area contributed by atoms with Gasteiger partial charge in [0.1, 0.15) is 5.75 Å². The van der Waals surface area contributed by atoms with Crippen LogP contribution in [0.1, 0.15) is 25.0 Å². The topological polar surface area (TPSA) is 49.9 Å². The number of carbonyl (C=O) groups excluding carboxylic acids is 2. The fraction of sp³-hybridized carbons (Fsp3) is 0.364. The lowest BCUT2D eigenvalue weighted by atomic mass is 10.1. The van der Waals surface area contributed by atoms with E-state index in [0.717, 1.165) is 16.9 Å². The smallest absolute Gasteiger partial charge is 0.242 e. The number of benzene rings is 2. The third-order valence-corrected chi connectivity index (χ3v) is 4.55. The summed E-state index contributed by atoms with van der Waals surface area (Å²) >= 11 is 0. The van der Waals surface area contributed by atoms with Crippen molar-refractivity contribution in [2.45, 2.75) is 26.8 Å². The van der Waals surface area contributed by atoms with Gasteiger partial charge in [-0.2, -0.15) is 0 Å². The first kappa shape index (κ1) is 20.5. The minimum atomic E-state index is -0.0902. The molecule has 0 heterocycles. The van der Waals surface area contributed by atoms with Gasteiger partial charge in [0, 0.05) is 26.6 Å². The number of methoxy groups -OCH3 is 1. The van der Waals surface area contributed by atoms with Gasteiger partial charge in [-0.3, -0.25) is 9.59 Å². The lowest BCUT2D eigenvalue weighted by Crippen LogP contribution is -2.42. The molecule has 0 aliphatic heterocycles. The Kier molecular flexibility index (Phi) is 7.86. The number of ether oxygens (including phenoxy) is 1. The van der Waals surface area contributed by atoms with E-state index < -0.39 is 0 Å². The first-order chi connectivity index (χ1) is 13.0. The van der Waals surface area contributed by atoms with Gasteiger partial charge >= 0.3 is 0 Å². The molecule has 2 rings (SSSR count). The summed E-state index contributed by atoms with van der Waals surface area (Å²) in [6.45, 7) is 5.24. The minimum Gasteiger partial charge on any atom is -0.497 e. The van der Waals surface area contributed by atoms with E-state index in [1.807, 2.05) is 61.5 Å². The second kappa shape index (κ2) is 10.4. The normalized spacial score (nSPS) is 10.3. The first-order valence-corrected chi connectivity index (χ1v) is 9.23. The van der Waals surface area contributed by atoms with Gasteiger partial charge in [-0.05, 0) is 36.6 Å². The van der Waals surface area contributed by atoms with Gasteiger partial charge in [0.2, 0.25) is 11.8 Å². The molecule has 0 atom stereocenters. The fourth-order valence-corrected chi connectivity index (χ4v) is 2.85. The molecule has 144 valence electrons. The van der Waals surface area contributed by atoms with Crippen LogP contribution in [0.25, 0.3) is 0 Å². The lowest BCUT2D eigenvalue weighted by molar-refractivity contribution is -0.139. The zero-order chi connectivity index (χ0) is 19.6. The molecule has 0 aliphatic carbocycles. The second-order valence-electron chi connectivity index (χ2n) is 6.43. The average Bonchev–Trinajstić information content (AvgIpc) is 2.70. The van der Waals surface area contributed by atoms with Crippen LogP contribution in [0.4, 0.5) is 0 Å². The van der Waals surface area contributed by atoms with Crippen molar-refractivity contribution in [3.05, 3.63) is 65.7 Å². The Labute approximate surface area is 161 Å². The van der Waals surface area contributed by atoms with Crippen molar-refractivity contribution < 1.29 is 14.3 Å². The van der Waals surface area contributed by atoms with Gasteiger partial charge < -0.3 is 14.5 Å². The second-order valence-corrected chi connectivity index (χ2v) is 6.43. The molecule has 0 aromatic heterocycles. The van der Waals surface area contributed by atoms with Gasteiger partial charge in [-0.15, -0.1) is 0 Å². The average molecular weight is 368 g/mol.